The summed E-state index contributed by atoms with van der Waals surface area (Å²) in [5.41, 5.74) is 0.501. The topological polar surface area (TPSA) is 44.8 Å². The molecule has 128 valence electrons. The maximum Gasteiger partial charge on any atom is 0.338 e. The van der Waals surface area contributed by atoms with Gasteiger partial charge in [0.25, 0.3) is 0 Å². The molecule has 0 aromatic heterocycles. The predicted molar refractivity (Wildman–Crippen MR) is 96.8 cm³/mol. The molecular formula is C19H21BrO4. The third kappa shape index (κ3) is 6.24. The van der Waals surface area contributed by atoms with E-state index in [1.54, 1.807) is 24.3 Å². The van der Waals surface area contributed by atoms with Gasteiger partial charge in [-0.15, -0.1) is 0 Å². The lowest BCUT2D eigenvalue weighted by molar-refractivity contribution is 0.0450. The van der Waals surface area contributed by atoms with Crippen molar-refractivity contribution in [1.82, 2.24) is 0 Å². The van der Waals surface area contributed by atoms with E-state index in [4.69, 9.17) is 14.2 Å². The molecule has 24 heavy (non-hydrogen) atoms. The van der Waals surface area contributed by atoms with Gasteiger partial charge >= 0.3 is 5.97 Å². The first kappa shape index (κ1) is 18.3. The highest BCUT2D eigenvalue weighted by atomic mass is 79.9. The van der Waals surface area contributed by atoms with Crippen LogP contribution in [-0.4, -0.2) is 25.8 Å². The van der Waals surface area contributed by atoms with Gasteiger partial charge in [0.05, 0.1) is 12.2 Å². The molecule has 0 amide bonds. The number of esters is 1. The highest BCUT2D eigenvalue weighted by molar-refractivity contribution is 9.10. The predicted octanol–water partition coefficient (Wildman–Crippen LogP) is 4.86. The summed E-state index contributed by atoms with van der Waals surface area (Å²) in [4.78, 5) is 11.9. The molecule has 0 N–H and O–H groups in total. The third-order valence-corrected chi connectivity index (χ3v) is 3.78. The van der Waals surface area contributed by atoms with Gasteiger partial charge in [0.1, 0.15) is 24.7 Å². The van der Waals surface area contributed by atoms with Crippen LogP contribution in [0.25, 0.3) is 0 Å². The molecule has 0 aliphatic rings. The van der Waals surface area contributed by atoms with E-state index in [1.165, 1.54) is 0 Å². The SMILES string of the molecule is CCCCOc1ccc(C(=O)OCCOc2ccc(Br)cc2)cc1. The van der Waals surface area contributed by atoms with E-state index in [0.29, 0.717) is 18.8 Å². The van der Waals surface area contributed by atoms with E-state index in [9.17, 15) is 4.79 Å². The second-order valence-electron chi connectivity index (χ2n) is 5.16. The van der Waals surface area contributed by atoms with Crippen LogP contribution in [-0.2, 0) is 4.74 Å². The van der Waals surface area contributed by atoms with Crippen molar-refractivity contribution in [2.24, 2.45) is 0 Å². The van der Waals surface area contributed by atoms with E-state index >= 15 is 0 Å². The maximum absolute atomic E-state index is 11.9. The molecular weight excluding hydrogens is 372 g/mol. The van der Waals surface area contributed by atoms with Crippen LogP contribution in [0.1, 0.15) is 30.1 Å². The average molecular weight is 393 g/mol. The van der Waals surface area contributed by atoms with E-state index < -0.39 is 0 Å². The number of carbonyl (C=O) groups excluding carboxylic acids is 1. The van der Waals surface area contributed by atoms with Crippen LogP contribution in [0, 0.1) is 0 Å². The Morgan fingerprint density at radius 1 is 0.875 bits per heavy atom. The van der Waals surface area contributed by atoms with Crippen LogP contribution in [0.2, 0.25) is 0 Å². The van der Waals surface area contributed by atoms with Crippen LogP contribution in [0.15, 0.2) is 53.0 Å². The van der Waals surface area contributed by atoms with Gasteiger partial charge in [-0.05, 0) is 55.0 Å². The Kier molecular flexibility index (Phi) is 7.62. The normalized spacial score (nSPS) is 10.2. The summed E-state index contributed by atoms with van der Waals surface area (Å²) in [5, 5.41) is 0. The van der Waals surface area contributed by atoms with Gasteiger partial charge in [0.2, 0.25) is 0 Å². The van der Waals surface area contributed by atoms with Crippen molar-refractivity contribution in [3.05, 3.63) is 58.6 Å². The molecule has 0 spiro atoms. The number of hydrogen-bond donors (Lipinski definition) is 0. The zero-order valence-corrected chi connectivity index (χ0v) is 15.3. The Balaban J connectivity index is 1.71. The van der Waals surface area contributed by atoms with Gasteiger partial charge in [-0.2, -0.15) is 0 Å². The molecule has 0 aliphatic heterocycles. The number of benzene rings is 2. The number of unbranched alkanes of at least 4 members (excludes halogenated alkanes) is 1. The van der Waals surface area contributed by atoms with Crippen molar-refractivity contribution in [3.63, 3.8) is 0 Å². The minimum absolute atomic E-state index is 0.198. The van der Waals surface area contributed by atoms with Gasteiger partial charge in [0, 0.05) is 4.47 Å². The van der Waals surface area contributed by atoms with E-state index in [1.807, 2.05) is 24.3 Å². The number of carbonyl (C=O) groups is 1. The number of hydrogen-bond acceptors (Lipinski definition) is 4. The van der Waals surface area contributed by atoms with Crippen LogP contribution in [0.4, 0.5) is 0 Å². The highest BCUT2D eigenvalue weighted by Crippen LogP contribution is 2.16. The van der Waals surface area contributed by atoms with Gasteiger partial charge in [-0.3, -0.25) is 0 Å². The van der Waals surface area contributed by atoms with Crippen molar-refractivity contribution in [1.29, 1.82) is 0 Å². The molecule has 2 aromatic rings. The fraction of sp³-hybridized carbons (Fsp3) is 0.316. The van der Waals surface area contributed by atoms with Gasteiger partial charge < -0.3 is 14.2 Å². The molecule has 0 fully saturated rings. The Morgan fingerprint density at radius 2 is 1.46 bits per heavy atom. The smallest absolute Gasteiger partial charge is 0.338 e. The van der Waals surface area contributed by atoms with E-state index in [-0.39, 0.29) is 12.6 Å². The first-order valence-electron chi connectivity index (χ1n) is 7.97. The van der Waals surface area contributed by atoms with Crippen LogP contribution in [0.5, 0.6) is 11.5 Å². The van der Waals surface area contributed by atoms with E-state index in [0.717, 1.165) is 28.8 Å². The number of halogens is 1. The fourth-order valence-electron chi connectivity index (χ4n) is 1.93. The summed E-state index contributed by atoms with van der Waals surface area (Å²) in [7, 11) is 0. The van der Waals surface area contributed by atoms with Gasteiger partial charge in [-0.25, -0.2) is 4.79 Å². The zero-order chi connectivity index (χ0) is 17.2. The minimum Gasteiger partial charge on any atom is -0.494 e. The van der Waals surface area contributed by atoms with Crippen molar-refractivity contribution >= 4 is 21.9 Å². The average Bonchev–Trinajstić information content (AvgIpc) is 2.61. The zero-order valence-electron chi connectivity index (χ0n) is 13.7. The molecule has 4 nitrogen and oxygen atoms in total. The van der Waals surface area contributed by atoms with Crippen molar-refractivity contribution in [2.45, 2.75) is 19.8 Å². The van der Waals surface area contributed by atoms with Crippen LogP contribution < -0.4 is 9.47 Å². The van der Waals surface area contributed by atoms with Crippen molar-refractivity contribution in [2.75, 3.05) is 19.8 Å². The number of ether oxygens (including phenoxy) is 3. The maximum atomic E-state index is 11.9. The number of rotatable bonds is 9. The molecule has 0 radical (unpaired) electrons. The molecule has 0 bridgehead atoms. The van der Waals surface area contributed by atoms with Crippen LogP contribution in [0.3, 0.4) is 0 Å². The molecule has 0 heterocycles. The van der Waals surface area contributed by atoms with Crippen LogP contribution >= 0.6 is 15.9 Å². The first-order chi connectivity index (χ1) is 11.7. The second kappa shape index (κ2) is 9.98. The Hall–Kier alpha value is -2.01. The molecule has 0 atom stereocenters. The summed E-state index contributed by atoms with van der Waals surface area (Å²) < 4.78 is 17.3. The van der Waals surface area contributed by atoms with Crippen molar-refractivity contribution in [3.8, 4) is 11.5 Å². The largest absolute Gasteiger partial charge is 0.494 e. The molecule has 0 saturated heterocycles. The molecule has 0 aliphatic carbocycles. The summed E-state index contributed by atoms with van der Waals surface area (Å²) in [6.45, 7) is 3.31. The standard InChI is InChI=1S/C19H21BrO4/c1-2-3-12-22-17-8-4-15(5-9-17)19(21)24-14-13-23-18-10-6-16(20)7-11-18/h4-11H,2-3,12-14H2,1H3. The molecule has 0 saturated carbocycles. The first-order valence-corrected chi connectivity index (χ1v) is 8.76. The molecule has 2 rings (SSSR count). The summed E-state index contributed by atoms with van der Waals surface area (Å²) in [5.74, 6) is 1.14. The Labute approximate surface area is 150 Å². The Morgan fingerprint density at radius 3 is 2.08 bits per heavy atom. The van der Waals surface area contributed by atoms with Crippen molar-refractivity contribution < 1.29 is 19.0 Å². The van der Waals surface area contributed by atoms with E-state index in [2.05, 4.69) is 22.9 Å². The monoisotopic (exact) mass is 392 g/mol. The summed E-state index contributed by atoms with van der Waals surface area (Å²) >= 11 is 3.36. The lowest BCUT2D eigenvalue weighted by atomic mass is 10.2. The molecule has 0 unspecified atom stereocenters. The highest BCUT2D eigenvalue weighted by Gasteiger charge is 2.07. The third-order valence-electron chi connectivity index (χ3n) is 3.26. The minimum atomic E-state index is -0.366. The lowest BCUT2D eigenvalue weighted by Crippen LogP contribution is -2.12. The second-order valence-corrected chi connectivity index (χ2v) is 6.08. The quantitative estimate of drug-likeness (QED) is 0.451. The Bertz CT molecular complexity index is 623. The van der Waals surface area contributed by atoms with Gasteiger partial charge in [0.15, 0.2) is 0 Å². The summed E-state index contributed by atoms with van der Waals surface area (Å²) in [6, 6.07) is 14.5. The fourth-order valence-corrected chi connectivity index (χ4v) is 2.19. The lowest BCUT2D eigenvalue weighted by Gasteiger charge is -2.08. The van der Waals surface area contributed by atoms with Gasteiger partial charge in [-0.1, -0.05) is 29.3 Å². The molecule has 2 aromatic carbocycles. The summed E-state index contributed by atoms with van der Waals surface area (Å²) in [6.07, 6.45) is 2.11. The molecule has 5 heteroatoms.